The van der Waals surface area contributed by atoms with Crippen molar-refractivity contribution < 1.29 is 9.59 Å². The molecule has 1 aliphatic heterocycles. The van der Waals surface area contributed by atoms with Gasteiger partial charge in [0.05, 0.1) is 21.6 Å². The molecule has 6 nitrogen and oxygen atoms in total. The molecule has 0 bridgehead atoms. The molecular weight excluding hydrogens is 436 g/mol. The lowest BCUT2D eigenvalue weighted by atomic mass is 10.1. The lowest BCUT2D eigenvalue weighted by Gasteiger charge is -2.27. The van der Waals surface area contributed by atoms with Gasteiger partial charge >= 0.3 is 0 Å². The van der Waals surface area contributed by atoms with Crippen molar-refractivity contribution in [3.63, 3.8) is 0 Å². The number of hydrogen-bond donors (Lipinski definition) is 1. The molecule has 0 radical (unpaired) electrons. The van der Waals surface area contributed by atoms with Gasteiger partial charge in [0, 0.05) is 26.1 Å². The van der Waals surface area contributed by atoms with Crippen LogP contribution in [0.2, 0.25) is 5.02 Å². The Labute approximate surface area is 199 Å². The van der Waals surface area contributed by atoms with Crippen LogP contribution < -0.4 is 5.32 Å². The minimum atomic E-state index is -0.140. The minimum absolute atomic E-state index is 0.140. The summed E-state index contributed by atoms with van der Waals surface area (Å²) in [5.41, 5.74) is 2.46. The van der Waals surface area contributed by atoms with Crippen LogP contribution in [0.5, 0.6) is 0 Å². The number of likely N-dealkylation sites (tertiary alicyclic amines) is 1. The van der Waals surface area contributed by atoms with E-state index in [1.165, 1.54) is 6.42 Å². The highest BCUT2D eigenvalue weighted by atomic mass is 35.5. The maximum absolute atomic E-state index is 12.9. The fraction of sp³-hybridized carbons (Fsp3) is 0.423. The zero-order valence-corrected chi connectivity index (χ0v) is 19.7. The Kier molecular flexibility index (Phi) is 8.00. The molecule has 33 heavy (non-hydrogen) atoms. The van der Waals surface area contributed by atoms with Crippen molar-refractivity contribution in [1.29, 1.82) is 0 Å². The van der Waals surface area contributed by atoms with Crippen molar-refractivity contribution in [3.05, 3.63) is 64.9 Å². The fourth-order valence-electron chi connectivity index (χ4n) is 4.40. The van der Waals surface area contributed by atoms with Gasteiger partial charge in [-0.3, -0.25) is 9.59 Å². The SMILES string of the molecule is O=C(NCCCCCc1nc2ccccc2n1CC(=O)N1CCCCC1)c1ccccc1Cl. The average molecular weight is 467 g/mol. The largest absolute Gasteiger partial charge is 0.352 e. The highest BCUT2D eigenvalue weighted by molar-refractivity contribution is 6.33. The molecule has 2 amide bonds. The van der Waals surface area contributed by atoms with Crippen LogP contribution in [-0.2, 0) is 17.8 Å². The maximum Gasteiger partial charge on any atom is 0.252 e. The number of piperidine rings is 1. The van der Waals surface area contributed by atoms with Crippen LogP contribution in [0.15, 0.2) is 48.5 Å². The first-order chi connectivity index (χ1) is 16.1. The van der Waals surface area contributed by atoms with Gasteiger partial charge in [-0.1, -0.05) is 42.3 Å². The number of carbonyl (C=O) groups is 2. The third kappa shape index (κ3) is 5.93. The van der Waals surface area contributed by atoms with Crippen molar-refractivity contribution in [2.24, 2.45) is 0 Å². The van der Waals surface area contributed by atoms with Crippen LogP contribution in [-0.4, -0.2) is 45.9 Å². The molecule has 2 aromatic carbocycles. The molecule has 1 fully saturated rings. The Hall–Kier alpha value is -2.86. The summed E-state index contributed by atoms with van der Waals surface area (Å²) in [5.74, 6) is 1.00. The van der Waals surface area contributed by atoms with E-state index < -0.39 is 0 Å². The van der Waals surface area contributed by atoms with Crippen molar-refractivity contribution in [3.8, 4) is 0 Å². The molecule has 0 aliphatic carbocycles. The number of nitrogens with one attached hydrogen (secondary N) is 1. The maximum atomic E-state index is 12.9. The summed E-state index contributed by atoms with van der Waals surface area (Å²) >= 11 is 6.09. The van der Waals surface area contributed by atoms with E-state index in [-0.39, 0.29) is 11.8 Å². The number of nitrogens with zero attached hydrogens (tertiary/aromatic N) is 3. The molecule has 3 aromatic rings. The number of aryl methyl sites for hydroxylation is 1. The molecule has 0 atom stereocenters. The topological polar surface area (TPSA) is 67.2 Å². The van der Waals surface area contributed by atoms with Crippen LogP contribution in [0.25, 0.3) is 11.0 Å². The normalized spacial score (nSPS) is 13.9. The summed E-state index contributed by atoms with van der Waals surface area (Å²) < 4.78 is 2.09. The van der Waals surface area contributed by atoms with Gasteiger partial charge in [0.25, 0.3) is 5.91 Å². The Morgan fingerprint density at radius 1 is 0.939 bits per heavy atom. The zero-order valence-electron chi connectivity index (χ0n) is 18.9. The number of unbranched alkanes of at least 4 members (excludes halogenated alkanes) is 2. The number of halogens is 1. The number of aromatic nitrogens is 2. The molecule has 0 unspecified atom stereocenters. The molecule has 1 saturated heterocycles. The second-order valence-corrected chi connectivity index (χ2v) is 9.00. The summed E-state index contributed by atoms with van der Waals surface area (Å²) in [6, 6.07) is 15.1. The smallest absolute Gasteiger partial charge is 0.252 e. The van der Waals surface area contributed by atoms with Crippen LogP contribution in [0.3, 0.4) is 0 Å². The van der Waals surface area contributed by atoms with E-state index >= 15 is 0 Å². The van der Waals surface area contributed by atoms with E-state index in [1.807, 2.05) is 41.3 Å². The number of amides is 2. The first-order valence-electron chi connectivity index (χ1n) is 11.9. The first-order valence-corrected chi connectivity index (χ1v) is 12.3. The van der Waals surface area contributed by atoms with Crippen LogP contribution in [0.1, 0.15) is 54.7 Å². The van der Waals surface area contributed by atoms with Gasteiger partial charge in [-0.05, 0) is 56.4 Å². The van der Waals surface area contributed by atoms with Crippen LogP contribution in [0, 0.1) is 0 Å². The molecule has 7 heteroatoms. The molecule has 4 rings (SSSR count). The van der Waals surface area contributed by atoms with Gasteiger partial charge in [0.15, 0.2) is 0 Å². The van der Waals surface area contributed by atoms with Crippen molar-refractivity contribution in [2.45, 2.75) is 51.5 Å². The lowest BCUT2D eigenvalue weighted by Crippen LogP contribution is -2.38. The Morgan fingerprint density at radius 2 is 1.70 bits per heavy atom. The van der Waals surface area contributed by atoms with Gasteiger partial charge in [-0.2, -0.15) is 0 Å². The third-order valence-corrected chi connectivity index (χ3v) is 6.55. The van der Waals surface area contributed by atoms with E-state index in [0.717, 1.165) is 68.5 Å². The van der Waals surface area contributed by atoms with Gasteiger partial charge in [0.2, 0.25) is 5.91 Å². The van der Waals surface area contributed by atoms with E-state index in [9.17, 15) is 9.59 Å². The highest BCUT2D eigenvalue weighted by Gasteiger charge is 2.19. The number of fused-ring (bicyclic) bond motifs is 1. The second kappa shape index (κ2) is 11.3. The number of para-hydroxylation sites is 2. The summed E-state index contributed by atoms with van der Waals surface area (Å²) in [7, 11) is 0. The second-order valence-electron chi connectivity index (χ2n) is 8.59. The van der Waals surface area contributed by atoms with Gasteiger partial charge in [-0.25, -0.2) is 4.98 Å². The van der Waals surface area contributed by atoms with E-state index in [1.54, 1.807) is 12.1 Å². The Balaban J connectivity index is 1.30. The first kappa shape index (κ1) is 23.3. The molecular formula is C26H31ClN4O2. The summed E-state index contributed by atoms with van der Waals surface area (Å²) in [4.78, 5) is 32.0. The quantitative estimate of drug-likeness (QED) is 0.458. The number of imidazole rings is 1. The summed E-state index contributed by atoms with van der Waals surface area (Å²) in [5, 5.41) is 3.41. The predicted octanol–water partition coefficient (Wildman–Crippen LogP) is 4.85. The van der Waals surface area contributed by atoms with Crippen molar-refractivity contribution in [1.82, 2.24) is 19.8 Å². The Bertz CT molecular complexity index is 1100. The standard InChI is InChI=1S/C26H31ClN4O2/c27-21-12-5-4-11-20(21)26(33)28-16-8-1-3-15-24-29-22-13-6-7-14-23(22)31(24)19-25(32)30-17-9-2-10-18-30/h4-7,11-14H,1-3,8-10,15-19H2,(H,28,33). The van der Waals surface area contributed by atoms with Crippen molar-refractivity contribution >= 4 is 34.4 Å². The molecule has 0 spiro atoms. The van der Waals surface area contributed by atoms with Gasteiger partial charge in [0.1, 0.15) is 12.4 Å². The number of benzene rings is 2. The molecule has 0 saturated carbocycles. The zero-order chi connectivity index (χ0) is 23.0. The average Bonchev–Trinajstić information content (AvgIpc) is 3.19. The third-order valence-electron chi connectivity index (χ3n) is 6.22. The predicted molar refractivity (Wildman–Crippen MR) is 132 cm³/mol. The molecule has 1 aliphatic rings. The fourth-order valence-corrected chi connectivity index (χ4v) is 4.62. The molecule has 174 valence electrons. The van der Waals surface area contributed by atoms with Gasteiger partial charge < -0.3 is 14.8 Å². The minimum Gasteiger partial charge on any atom is -0.352 e. The summed E-state index contributed by atoms with van der Waals surface area (Å²) in [6.45, 7) is 2.68. The highest BCUT2D eigenvalue weighted by Crippen LogP contribution is 2.19. The summed E-state index contributed by atoms with van der Waals surface area (Å²) in [6.07, 6.45) is 6.99. The Morgan fingerprint density at radius 3 is 2.52 bits per heavy atom. The molecule has 1 N–H and O–H groups in total. The molecule has 1 aromatic heterocycles. The van der Waals surface area contributed by atoms with E-state index in [2.05, 4.69) is 9.88 Å². The van der Waals surface area contributed by atoms with Crippen molar-refractivity contribution in [2.75, 3.05) is 19.6 Å². The van der Waals surface area contributed by atoms with Crippen LogP contribution in [0.4, 0.5) is 0 Å². The van der Waals surface area contributed by atoms with E-state index in [4.69, 9.17) is 16.6 Å². The number of carbonyl (C=O) groups excluding carboxylic acids is 2. The number of rotatable bonds is 9. The molecule has 2 heterocycles. The van der Waals surface area contributed by atoms with Gasteiger partial charge in [-0.15, -0.1) is 0 Å². The van der Waals surface area contributed by atoms with Crippen LogP contribution >= 0.6 is 11.6 Å². The monoisotopic (exact) mass is 466 g/mol. The lowest BCUT2D eigenvalue weighted by molar-refractivity contribution is -0.132. The number of hydrogen-bond acceptors (Lipinski definition) is 3. The van der Waals surface area contributed by atoms with E-state index in [0.29, 0.717) is 23.7 Å².